The van der Waals surface area contributed by atoms with E-state index in [1.807, 2.05) is 48.3 Å². The van der Waals surface area contributed by atoms with Crippen LogP contribution in [-0.2, 0) is 0 Å². The lowest BCUT2D eigenvalue weighted by atomic mass is 10.0. The number of halogens is 2. The summed E-state index contributed by atoms with van der Waals surface area (Å²) < 4.78 is 13.8. The van der Waals surface area contributed by atoms with Crippen LogP contribution in [0.5, 0.6) is 0 Å². The van der Waals surface area contributed by atoms with Crippen molar-refractivity contribution in [2.75, 3.05) is 45.2 Å². The molecule has 0 aliphatic heterocycles. The number of hydrogen-bond acceptors (Lipinski definition) is 3. The van der Waals surface area contributed by atoms with Gasteiger partial charge in [-0.3, -0.25) is 4.99 Å². The highest BCUT2D eigenvalue weighted by atomic mass is 127. The Morgan fingerprint density at radius 3 is 2.43 bits per heavy atom. The van der Waals surface area contributed by atoms with Crippen LogP contribution >= 0.6 is 24.0 Å². The van der Waals surface area contributed by atoms with E-state index < -0.39 is 0 Å². The van der Waals surface area contributed by atoms with E-state index in [0.717, 1.165) is 18.5 Å². The molecule has 5 nitrogen and oxygen atoms in total. The number of nitrogens with one attached hydrogen (secondary N) is 2. The van der Waals surface area contributed by atoms with Crippen molar-refractivity contribution in [1.82, 2.24) is 10.6 Å². The maximum absolute atomic E-state index is 13.8. The molecule has 0 aliphatic rings. The van der Waals surface area contributed by atoms with Gasteiger partial charge in [-0.15, -0.1) is 24.0 Å². The van der Waals surface area contributed by atoms with Gasteiger partial charge in [0.1, 0.15) is 5.82 Å². The minimum atomic E-state index is -0.207. The van der Waals surface area contributed by atoms with Crippen molar-refractivity contribution in [1.29, 1.82) is 0 Å². The molecule has 0 saturated carbocycles. The first-order chi connectivity index (χ1) is 13.2. The molecular weight excluding hydrogens is 470 g/mol. The molecule has 0 spiro atoms. The van der Waals surface area contributed by atoms with Gasteiger partial charge in [-0.1, -0.05) is 42.5 Å². The third-order valence-corrected chi connectivity index (χ3v) is 4.46. The van der Waals surface area contributed by atoms with Crippen LogP contribution in [0.3, 0.4) is 0 Å². The first-order valence-electron chi connectivity index (χ1n) is 9.21. The van der Waals surface area contributed by atoms with Gasteiger partial charge >= 0.3 is 0 Å². The summed E-state index contributed by atoms with van der Waals surface area (Å²) in [5.74, 6) is 0.497. The Morgan fingerprint density at radius 1 is 1.11 bits per heavy atom. The van der Waals surface area contributed by atoms with Crippen molar-refractivity contribution in [3.8, 4) is 0 Å². The van der Waals surface area contributed by atoms with E-state index in [2.05, 4.69) is 15.6 Å². The maximum atomic E-state index is 13.8. The quantitative estimate of drug-likeness (QED) is 0.214. The summed E-state index contributed by atoms with van der Waals surface area (Å²) in [6.45, 7) is 2.11. The zero-order valence-corrected chi connectivity index (χ0v) is 18.8. The number of anilines is 1. The first-order valence-corrected chi connectivity index (χ1v) is 9.21. The van der Waals surface area contributed by atoms with Gasteiger partial charge < -0.3 is 20.6 Å². The van der Waals surface area contributed by atoms with Gasteiger partial charge in [0, 0.05) is 39.6 Å². The zero-order valence-electron chi connectivity index (χ0n) is 16.4. The van der Waals surface area contributed by atoms with Gasteiger partial charge in [0.05, 0.1) is 12.3 Å². The summed E-state index contributed by atoms with van der Waals surface area (Å²) in [5, 5.41) is 16.1. The molecule has 0 bridgehead atoms. The average Bonchev–Trinajstić information content (AvgIpc) is 2.71. The smallest absolute Gasteiger partial charge is 0.191 e. The minimum Gasteiger partial charge on any atom is -0.396 e. The van der Waals surface area contributed by atoms with Gasteiger partial charge in [0.2, 0.25) is 0 Å². The molecule has 154 valence electrons. The van der Waals surface area contributed by atoms with Crippen molar-refractivity contribution in [2.45, 2.75) is 12.3 Å². The second kappa shape index (κ2) is 13.3. The molecule has 0 saturated heterocycles. The Kier molecular flexibility index (Phi) is 11.5. The predicted molar refractivity (Wildman–Crippen MR) is 125 cm³/mol. The molecular formula is C21H30FIN4O. The van der Waals surface area contributed by atoms with Gasteiger partial charge in [-0.25, -0.2) is 4.39 Å². The summed E-state index contributed by atoms with van der Waals surface area (Å²) in [6.07, 6.45) is 0.841. The number of para-hydroxylation sites is 1. The van der Waals surface area contributed by atoms with Crippen LogP contribution in [0.2, 0.25) is 0 Å². The van der Waals surface area contributed by atoms with Crippen LogP contribution in [0.4, 0.5) is 10.1 Å². The van der Waals surface area contributed by atoms with Crippen LogP contribution in [0.25, 0.3) is 0 Å². The highest BCUT2D eigenvalue weighted by molar-refractivity contribution is 14.0. The lowest BCUT2D eigenvalue weighted by Gasteiger charge is -2.21. The number of aliphatic hydroxyl groups excluding tert-OH is 1. The lowest BCUT2D eigenvalue weighted by Crippen LogP contribution is -2.40. The van der Waals surface area contributed by atoms with Crippen LogP contribution in [-0.4, -0.2) is 51.4 Å². The van der Waals surface area contributed by atoms with E-state index in [9.17, 15) is 9.50 Å². The van der Waals surface area contributed by atoms with Crippen molar-refractivity contribution in [2.24, 2.45) is 4.99 Å². The Balaban J connectivity index is 0.00000392. The number of benzene rings is 2. The highest BCUT2D eigenvalue weighted by Crippen LogP contribution is 2.17. The average molecular weight is 500 g/mol. The molecule has 0 heterocycles. The van der Waals surface area contributed by atoms with Crippen LogP contribution in [0.15, 0.2) is 59.6 Å². The summed E-state index contributed by atoms with van der Waals surface area (Å²) in [6, 6.07) is 16.7. The van der Waals surface area contributed by atoms with E-state index in [4.69, 9.17) is 0 Å². The van der Waals surface area contributed by atoms with E-state index in [1.165, 1.54) is 6.07 Å². The molecule has 0 fully saturated rings. The number of aliphatic hydroxyl groups is 1. The number of rotatable bonds is 9. The minimum absolute atomic E-state index is 0. The largest absolute Gasteiger partial charge is 0.396 e. The molecule has 3 N–H and O–H groups in total. The standard InChI is InChI=1S/C21H29FN4O.HI/c1-23-21(25-15-18(16-27)17-9-4-3-5-10-17)24-13-8-14-26(2)20-12-7-6-11-19(20)22;/h3-7,9-12,18,27H,8,13-16H2,1-2H3,(H2,23,24,25);1H. The molecule has 28 heavy (non-hydrogen) atoms. The molecule has 1 atom stereocenters. The van der Waals surface area contributed by atoms with Crippen molar-refractivity contribution >= 4 is 35.6 Å². The van der Waals surface area contributed by atoms with Gasteiger partial charge in [-0.05, 0) is 24.1 Å². The molecule has 7 heteroatoms. The number of nitrogens with zero attached hydrogens (tertiary/aromatic N) is 2. The summed E-state index contributed by atoms with van der Waals surface area (Å²) in [4.78, 5) is 6.12. The Bertz CT molecular complexity index is 715. The van der Waals surface area contributed by atoms with Crippen LogP contribution in [0, 0.1) is 5.82 Å². The van der Waals surface area contributed by atoms with Crippen molar-refractivity contribution in [3.05, 3.63) is 66.0 Å². The summed E-state index contributed by atoms with van der Waals surface area (Å²) in [5.41, 5.74) is 1.70. The topological polar surface area (TPSA) is 59.9 Å². The van der Waals surface area contributed by atoms with E-state index in [-0.39, 0.29) is 42.3 Å². The molecule has 0 aliphatic carbocycles. The predicted octanol–water partition coefficient (Wildman–Crippen LogP) is 3.21. The van der Waals surface area contributed by atoms with Gasteiger partial charge in [0.25, 0.3) is 0 Å². The lowest BCUT2D eigenvalue weighted by molar-refractivity contribution is 0.265. The van der Waals surface area contributed by atoms with E-state index in [0.29, 0.717) is 24.7 Å². The molecule has 1 unspecified atom stereocenters. The zero-order chi connectivity index (χ0) is 19.5. The third-order valence-electron chi connectivity index (χ3n) is 4.46. The second-order valence-corrected chi connectivity index (χ2v) is 6.40. The Morgan fingerprint density at radius 2 is 1.79 bits per heavy atom. The van der Waals surface area contributed by atoms with E-state index in [1.54, 1.807) is 19.2 Å². The van der Waals surface area contributed by atoms with E-state index >= 15 is 0 Å². The molecule has 2 rings (SSSR count). The third kappa shape index (κ3) is 7.63. The number of hydrogen-bond donors (Lipinski definition) is 3. The SMILES string of the molecule is CN=C(NCCCN(C)c1ccccc1F)NCC(CO)c1ccccc1.I. The normalized spacial score (nSPS) is 12.1. The fourth-order valence-electron chi connectivity index (χ4n) is 2.86. The van der Waals surface area contributed by atoms with Crippen molar-refractivity contribution < 1.29 is 9.50 Å². The summed E-state index contributed by atoms with van der Waals surface area (Å²) in [7, 11) is 3.61. The van der Waals surface area contributed by atoms with Gasteiger partial charge in [0.15, 0.2) is 5.96 Å². The molecule has 0 aromatic heterocycles. The number of guanidine groups is 1. The second-order valence-electron chi connectivity index (χ2n) is 6.40. The van der Waals surface area contributed by atoms with Crippen LogP contribution < -0.4 is 15.5 Å². The molecule has 2 aromatic carbocycles. The highest BCUT2D eigenvalue weighted by Gasteiger charge is 2.11. The molecule has 2 aromatic rings. The molecule has 0 radical (unpaired) electrons. The Labute approximate surface area is 184 Å². The summed E-state index contributed by atoms with van der Waals surface area (Å²) >= 11 is 0. The fraction of sp³-hybridized carbons (Fsp3) is 0.381. The molecule has 0 amide bonds. The van der Waals surface area contributed by atoms with Crippen LogP contribution in [0.1, 0.15) is 17.9 Å². The maximum Gasteiger partial charge on any atom is 0.191 e. The number of aliphatic imine (C=N–C) groups is 1. The van der Waals surface area contributed by atoms with Gasteiger partial charge in [-0.2, -0.15) is 0 Å². The monoisotopic (exact) mass is 500 g/mol. The Hall–Kier alpha value is -1.87. The first kappa shape index (κ1) is 24.2. The van der Waals surface area contributed by atoms with Crippen molar-refractivity contribution in [3.63, 3.8) is 0 Å². The fourth-order valence-corrected chi connectivity index (χ4v) is 2.86.